The fourth-order valence-corrected chi connectivity index (χ4v) is 2.91. The molecular weight excluding hydrogens is 358 g/mol. The first-order valence-corrected chi connectivity index (χ1v) is 8.66. The number of hydrogen-bond acceptors (Lipinski definition) is 4. The summed E-state index contributed by atoms with van der Waals surface area (Å²) in [5, 5.41) is 10.9. The quantitative estimate of drug-likeness (QED) is 0.504. The molecule has 0 aliphatic heterocycles. The van der Waals surface area contributed by atoms with E-state index in [1.807, 2.05) is 42.5 Å². The number of carbonyl (C=O) groups is 3. The van der Waals surface area contributed by atoms with Gasteiger partial charge in [-0.25, -0.2) is 4.79 Å². The van der Waals surface area contributed by atoms with Crippen LogP contribution < -0.4 is 9.64 Å². The van der Waals surface area contributed by atoms with E-state index >= 15 is 0 Å². The van der Waals surface area contributed by atoms with E-state index in [9.17, 15) is 14.4 Å². The highest BCUT2D eigenvalue weighted by Gasteiger charge is 2.23. The maximum absolute atomic E-state index is 12.7. The average molecular weight is 377 g/mol. The molecule has 3 rings (SSSR count). The van der Waals surface area contributed by atoms with Crippen LogP contribution in [0.25, 0.3) is 10.8 Å². The van der Waals surface area contributed by atoms with Gasteiger partial charge in [0.05, 0.1) is 20.1 Å². The fraction of sp³-hybridized carbons (Fsp3) is 0.136. The molecule has 142 valence electrons. The molecule has 0 heterocycles. The summed E-state index contributed by atoms with van der Waals surface area (Å²) >= 11 is 0. The lowest BCUT2D eigenvalue weighted by molar-refractivity contribution is -0.150. The Labute approximate surface area is 162 Å². The largest absolute Gasteiger partial charge is 0.497 e. The highest BCUT2D eigenvalue weighted by atomic mass is 16.5. The van der Waals surface area contributed by atoms with Crippen molar-refractivity contribution in [2.75, 3.05) is 12.0 Å². The number of ether oxygens (including phenoxy) is 1. The number of ketones is 1. The molecule has 3 aromatic rings. The molecule has 28 heavy (non-hydrogen) atoms. The van der Waals surface area contributed by atoms with Gasteiger partial charge in [0.25, 0.3) is 0 Å². The van der Waals surface area contributed by atoms with Crippen LogP contribution >= 0.6 is 0 Å². The molecule has 1 N–H and O–H groups in total. The molecule has 6 heteroatoms. The molecular formula is C22H19NO5. The van der Waals surface area contributed by atoms with E-state index in [1.54, 1.807) is 31.4 Å². The summed E-state index contributed by atoms with van der Waals surface area (Å²) in [6.45, 7) is 0.211. The van der Waals surface area contributed by atoms with E-state index < -0.39 is 24.1 Å². The first-order chi connectivity index (χ1) is 13.5. The number of methoxy groups -OCH3 is 1. The Hall–Kier alpha value is -3.67. The van der Waals surface area contributed by atoms with Crippen LogP contribution in [0.3, 0.4) is 0 Å². The molecule has 0 bridgehead atoms. The van der Waals surface area contributed by atoms with Crippen LogP contribution in [0.1, 0.15) is 12.0 Å². The second-order valence-corrected chi connectivity index (χ2v) is 6.26. The number of rotatable bonds is 7. The highest BCUT2D eigenvalue weighted by Crippen LogP contribution is 2.24. The fourth-order valence-electron chi connectivity index (χ4n) is 2.91. The van der Waals surface area contributed by atoms with Crippen LogP contribution in [-0.2, 0) is 20.9 Å². The van der Waals surface area contributed by atoms with Gasteiger partial charge in [0.15, 0.2) is 0 Å². The first-order valence-electron chi connectivity index (χ1n) is 8.66. The van der Waals surface area contributed by atoms with E-state index in [4.69, 9.17) is 9.84 Å². The Morgan fingerprint density at radius 3 is 2.25 bits per heavy atom. The Morgan fingerprint density at radius 2 is 1.61 bits per heavy atom. The van der Waals surface area contributed by atoms with Crippen LogP contribution in [-0.4, -0.2) is 29.9 Å². The number of aliphatic carboxylic acids is 1. The van der Waals surface area contributed by atoms with Crippen molar-refractivity contribution in [3.05, 3.63) is 72.3 Å². The van der Waals surface area contributed by atoms with Crippen LogP contribution in [0.4, 0.5) is 5.69 Å². The van der Waals surface area contributed by atoms with Crippen LogP contribution in [0.15, 0.2) is 66.7 Å². The van der Waals surface area contributed by atoms with Crippen molar-refractivity contribution >= 4 is 34.1 Å². The van der Waals surface area contributed by atoms with Gasteiger partial charge in [-0.1, -0.05) is 36.4 Å². The number of Topliss-reactive ketones (excluding diaryl/α,β-unsaturated/α-hetero) is 1. The predicted molar refractivity (Wildman–Crippen MR) is 105 cm³/mol. The Kier molecular flexibility index (Phi) is 5.69. The number of anilines is 1. The smallest absolute Gasteiger partial charge is 0.372 e. The van der Waals surface area contributed by atoms with Crippen LogP contribution in [0, 0.1) is 0 Å². The van der Waals surface area contributed by atoms with Crippen molar-refractivity contribution < 1.29 is 24.2 Å². The van der Waals surface area contributed by atoms with Crippen molar-refractivity contribution in [1.29, 1.82) is 0 Å². The molecule has 3 aromatic carbocycles. The third-order valence-electron chi connectivity index (χ3n) is 4.39. The van der Waals surface area contributed by atoms with Gasteiger partial charge in [0.1, 0.15) is 5.75 Å². The number of carboxylic acid groups (broad SMARTS) is 1. The standard InChI is InChI=1S/C22H19NO5/c1-28-19-10-8-18(9-11-19)23(21(25)13-20(24)22(26)27)14-15-6-7-16-4-2-3-5-17(16)12-15/h2-12H,13-14H2,1H3,(H,26,27). The Morgan fingerprint density at radius 1 is 0.929 bits per heavy atom. The van der Waals surface area contributed by atoms with Crippen LogP contribution in [0.5, 0.6) is 5.75 Å². The molecule has 0 saturated heterocycles. The molecule has 1 amide bonds. The van der Waals surface area contributed by atoms with Crippen LogP contribution in [0.2, 0.25) is 0 Å². The molecule has 0 aliphatic carbocycles. The predicted octanol–water partition coefficient (Wildman–Crippen LogP) is 3.43. The van der Waals surface area contributed by atoms with Gasteiger partial charge in [-0.3, -0.25) is 9.59 Å². The zero-order chi connectivity index (χ0) is 20.1. The van der Waals surface area contributed by atoms with Crippen molar-refractivity contribution in [3.8, 4) is 5.75 Å². The number of nitrogens with zero attached hydrogens (tertiary/aromatic N) is 1. The molecule has 0 unspecified atom stereocenters. The lowest BCUT2D eigenvalue weighted by Gasteiger charge is -2.23. The zero-order valence-electron chi connectivity index (χ0n) is 15.3. The molecule has 6 nitrogen and oxygen atoms in total. The van der Waals surface area contributed by atoms with Crippen molar-refractivity contribution in [2.45, 2.75) is 13.0 Å². The monoisotopic (exact) mass is 377 g/mol. The summed E-state index contributed by atoms with van der Waals surface area (Å²) < 4.78 is 5.14. The molecule has 0 atom stereocenters. The van der Waals surface area contributed by atoms with E-state index in [0.29, 0.717) is 11.4 Å². The number of carboxylic acids is 1. The van der Waals surface area contributed by atoms with Gasteiger partial charge < -0.3 is 14.7 Å². The molecule has 0 radical (unpaired) electrons. The number of carbonyl (C=O) groups excluding carboxylic acids is 2. The minimum atomic E-state index is -1.62. The van der Waals surface area contributed by atoms with Gasteiger partial charge in [-0.15, -0.1) is 0 Å². The summed E-state index contributed by atoms with van der Waals surface area (Å²) in [6.07, 6.45) is -0.699. The lowest BCUT2D eigenvalue weighted by Crippen LogP contribution is -2.33. The molecule has 0 saturated carbocycles. The van der Waals surface area contributed by atoms with Gasteiger partial charge in [-0.2, -0.15) is 0 Å². The minimum Gasteiger partial charge on any atom is -0.497 e. The topological polar surface area (TPSA) is 83.9 Å². The second kappa shape index (κ2) is 8.35. The summed E-state index contributed by atoms with van der Waals surface area (Å²) in [4.78, 5) is 36.5. The van der Waals surface area contributed by atoms with Crippen molar-refractivity contribution in [2.24, 2.45) is 0 Å². The Balaban J connectivity index is 1.92. The minimum absolute atomic E-state index is 0.211. The SMILES string of the molecule is COc1ccc(N(Cc2ccc3ccccc3c2)C(=O)CC(=O)C(=O)O)cc1. The average Bonchev–Trinajstić information content (AvgIpc) is 2.71. The van der Waals surface area contributed by atoms with Gasteiger partial charge in [0.2, 0.25) is 11.7 Å². The highest BCUT2D eigenvalue weighted by molar-refractivity contribution is 6.36. The third-order valence-corrected chi connectivity index (χ3v) is 4.39. The molecule has 0 spiro atoms. The normalized spacial score (nSPS) is 10.5. The van der Waals surface area contributed by atoms with E-state index in [0.717, 1.165) is 16.3 Å². The zero-order valence-corrected chi connectivity index (χ0v) is 15.3. The van der Waals surface area contributed by atoms with Gasteiger partial charge >= 0.3 is 5.97 Å². The number of fused-ring (bicyclic) bond motifs is 1. The lowest BCUT2D eigenvalue weighted by atomic mass is 10.1. The maximum Gasteiger partial charge on any atom is 0.372 e. The van der Waals surface area contributed by atoms with Gasteiger partial charge in [0, 0.05) is 5.69 Å². The molecule has 0 aromatic heterocycles. The Bertz CT molecular complexity index is 1030. The van der Waals surface area contributed by atoms with Crippen molar-refractivity contribution in [1.82, 2.24) is 0 Å². The first kappa shape index (κ1) is 19.1. The third kappa shape index (κ3) is 4.35. The number of amides is 1. The maximum atomic E-state index is 12.7. The summed E-state index contributed by atoms with van der Waals surface area (Å²) in [7, 11) is 1.54. The van der Waals surface area contributed by atoms with E-state index in [2.05, 4.69) is 0 Å². The molecule has 0 aliphatic rings. The van der Waals surface area contributed by atoms with Gasteiger partial charge in [-0.05, 0) is 46.7 Å². The number of benzene rings is 3. The second-order valence-electron chi connectivity index (χ2n) is 6.26. The summed E-state index contributed by atoms with van der Waals surface area (Å²) in [5.41, 5.74) is 1.42. The molecule has 0 fully saturated rings. The summed E-state index contributed by atoms with van der Waals surface area (Å²) in [6, 6.07) is 20.5. The van der Waals surface area contributed by atoms with E-state index in [1.165, 1.54) is 4.90 Å². The number of hydrogen-bond donors (Lipinski definition) is 1. The van der Waals surface area contributed by atoms with Crippen molar-refractivity contribution in [3.63, 3.8) is 0 Å². The van der Waals surface area contributed by atoms with E-state index in [-0.39, 0.29) is 6.54 Å². The summed E-state index contributed by atoms with van der Waals surface area (Å²) in [5.74, 6) is -2.70.